The van der Waals surface area contributed by atoms with E-state index in [1.165, 1.54) is 19.2 Å². The Kier molecular flexibility index (Phi) is 4.20. The van der Waals surface area contributed by atoms with Crippen LogP contribution in [0.5, 0.6) is 5.75 Å². The summed E-state index contributed by atoms with van der Waals surface area (Å²) in [5.41, 5.74) is -0.166. The number of carboxylic acid groups (broad SMARTS) is 1. The summed E-state index contributed by atoms with van der Waals surface area (Å²) >= 11 is 11.4. The van der Waals surface area contributed by atoms with Gasteiger partial charge >= 0.3 is 5.97 Å². The fraction of sp³-hybridized carbons (Fsp3) is 0.222. The smallest absolute Gasteiger partial charge is 0.341 e. The largest absolute Gasteiger partial charge is 0.478 e. The van der Waals surface area contributed by atoms with E-state index in [0.717, 1.165) is 0 Å². The van der Waals surface area contributed by atoms with Crippen molar-refractivity contribution in [3.8, 4) is 5.75 Å². The summed E-state index contributed by atoms with van der Waals surface area (Å²) in [5, 5.41) is 9.03. The first-order chi connectivity index (χ1) is 7.07. The number of benzene rings is 1. The lowest BCUT2D eigenvalue weighted by Crippen LogP contribution is -2.06. The molecule has 0 aliphatic carbocycles. The summed E-state index contributed by atoms with van der Waals surface area (Å²) in [6, 6.07) is 2.89. The highest BCUT2D eigenvalue weighted by molar-refractivity contribution is 6.44. The third-order valence-corrected chi connectivity index (χ3v) is 2.41. The minimum atomic E-state index is -1.20. The van der Waals surface area contributed by atoms with Crippen molar-refractivity contribution in [2.24, 2.45) is 0 Å². The van der Waals surface area contributed by atoms with Gasteiger partial charge in [0.1, 0.15) is 11.3 Å². The first-order valence-electron chi connectivity index (χ1n) is 3.91. The predicted octanol–water partition coefficient (Wildman–Crippen LogP) is 2.67. The molecule has 0 aromatic heterocycles. The summed E-state index contributed by atoms with van der Waals surface area (Å²) in [5.74, 6) is -1.08. The lowest BCUT2D eigenvalue weighted by molar-refractivity contribution is 0.0484. The quantitative estimate of drug-likeness (QED) is 0.836. The number of hydrogen-bond donors (Lipinski definition) is 1. The van der Waals surface area contributed by atoms with E-state index in [1.807, 2.05) is 0 Å². The van der Waals surface area contributed by atoms with Crippen LogP contribution in [0.4, 0.5) is 0 Å². The highest BCUT2D eigenvalue weighted by Gasteiger charge is 2.18. The summed E-state index contributed by atoms with van der Waals surface area (Å²) in [7, 11) is 1.43. The molecule has 0 fully saturated rings. The third-order valence-electron chi connectivity index (χ3n) is 1.60. The van der Waals surface area contributed by atoms with Gasteiger partial charge in [0.15, 0.2) is 6.79 Å². The summed E-state index contributed by atoms with van der Waals surface area (Å²) in [4.78, 5) is 10.9. The standard InChI is InChI=1S/C9H8Cl2O4/c1-14-4-15-6-3-2-5(10)8(11)7(6)9(12)13/h2-3H,4H2,1H3,(H,12,13). The molecule has 15 heavy (non-hydrogen) atoms. The zero-order chi connectivity index (χ0) is 11.4. The number of aromatic carboxylic acids is 1. The Bertz CT molecular complexity index is 379. The maximum absolute atomic E-state index is 10.9. The molecule has 6 heteroatoms. The van der Waals surface area contributed by atoms with Crippen molar-refractivity contribution >= 4 is 29.2 Å². The summed E-state index contributed by atoms with van der Waals surface area (Å²) in [6.07, 6.45) is 0. The molecule has 0 atom stereocenters. The number of hydrogen-bond acceptors (Lipinski definition) is 3. The Labute approximate surface area is 96.3 Å². The van der Waals surface area contributed by atoms with Crippen molar-refractivity contribution in [1.82, 2.24) is 0 Å². The number of carboxylic acids is 1. The lowest BCUT2D eigenvalue weighted by atomic mass is 10.2. The van der Waals surface area contributed by atoms with Crippen LogP contribution in [0.15, 0.2) is 12.1 Å². The minimum Gasteiger partial charge on any atom is -0.478 e. The Morgan fingerprint density at radius 3 is 2.67 bits per heavy atom. The molecule has 0 amide bonds. The molecule has 0 aliphatic heterocycles. The molecule has 1 aromatic rings. The molecule has 1 N–H and O–H groups in total. The molecule has 82 valence electrons. The SMILES string of the molecule is COCOc1ccc(Cl)c(Cl)c1C(=O)O. The molecule has 1 aromatic carbocycles. The van der Waals surface area contributed by atoms with Crippen molar-refractivity contribution in [3.05, 3.63) is 27.7 Å². The highest BCUT2D eigenvalue weighted by atomic mass is 35.5. The molecule has 0 unspecified atom stereocenters. The van der Waals surface area contributed by atoms with E-state index in [9.17, 15) is 4.79 Å². The average molecular weight is 251 g/mol. The average Bonchev–Trinajstić information content (AvgIpc) is 2.19. The van der Waals surface area contributed by atoms with Gasteiger partial charge in [-0.05, 0) is 12.1 Å². The van der Waals surface area contributed by atoms with Gasteiger partial charge in [0.2, 0.25) is 0 Å². The van der Waals surface area contributed by atoms with Crippen molar-refractivity contribution in [2.75, 3.05) is 13.9 Å². The Morgan fingerprint density at radius 1 is 1.47 bits per heavy atom. The van der Waals surface area contributed by atoms with E-state index in [2.05, 4.69) is 4.74 Å². The molecule has 0 saturated carbocycles. The van der Waals surface area contributed by atoms with Crippen LogP contribution in [0.25, 0.3) is 0 Å². The fourth-order valence-corrected chi connectivity index (χ4v) is 1.37. The molecular formula is C9H8Cl2O4. The molecule has 1 rings (SSSR count). The fourth-order valence-electron chi connectivity index (χ4n) is 0.975. The van der Waals surface area contributed by atoms with Crippen LogP contribution in [-0.4, -0.2) is 25.0 Å². The monoisotopic (exact) mass is 250 g/mol. The topological polar surface area (TPSA) is 55.8 Å². The highest BCUT2D eigenvalue weighted by Crippen LogP contribution is 2.32. The molecule has 0 aliphatic rings. The molecule has 4 nitrogen and oxygen atoms in total. The van der Waals surface area contributed by atoms with E-state index >= 15 is 0 Å². The van der Waals surface area contributed by atoms with Crippen LogP contribution in [0.3, 0.4) is 0 Å². The third kappa shape index (κ3) is 2.75. The first kappa shape index (κ1) is 12.1. The van der Waals surface area contributed by atoms with E-state index < -0.39 is 5.97 Å². The number of halogens is 2. The summed E-state index contributed by atoms with van der Waals surface area (Å²) < 4.78 is 9.70. The molecule has 0 radical (unpaired) electrons. The van der Waals surface area contributed by atoms with Crippen LogP contribution < -0.4 is 4.74 Å². The van der Waals surface area contributed by atoms with E-state index in [-0.39, 0.29) is 28.2 Å². The van der Waals surface area contributed by atoms with Gasteiger partial charge in [-0.2, -0.15) is 0 Å². The molecule has 0 saturated heterocycles. The van der Waals surface area contributed by atoms with Gasteiger partial charge in [-0.1, -0.05) is 23.2 Å². The molecule has 0 spiro atoms. The van der Waals surface area contributed by atoms with Gasteiger partial charge in [0, 0.05) is 7.11 Å². The second-order valence-electron chi connectivity index (χ2n) is 2.59. The number of carbonyl (C=O) groups is 1. The van der Waals surface area contributed by atoms with Gasteiger partial charge in [0.25, 0.3) is 0 Å². The van der Waals surface area contributed by atoms with Gasteiger partial charge in [-0.3, -0.25) is 0 Å². The maximum atomic E-state index is 10.9. The van der Waals surface area contributed by atoms with Crippen molar-refractivity contribution in [2.45, 2.75) is 0 Å². The zero-order valence-corrected chi connectivity index (χ0v) is 9.30. The van der Waals surface area contributed by atoms with E-state index in [1.54, 1.807) is 0 Å². The Balaban J connectivity index is 3.15. The second-order valence-corrected chi connectivity index (χ2v) is 3.38. The minimum absolute atomic E-state index is 0.0437. The van der Waals surface area contributed by atoms with Crippen LogP contribution in [0.1, 0.15) is 10.4 Å². The van der Waals surface area contributed by atoms with Crippen LogP contribution >= 0.6 is 23.2 Å². The lowest BCUT2D eigenvalue weighted by Gasteiger charge is -2.09. The van der Waals surface area contributed by atoms with Crippen molar-refractivity contribution in [1.29, 1.82) is 0 Å². The number of ether oxygens (including phenoxy) is 2. The zero-order valence-electron chi connectivity index (χ0n) is 7.79. The molecule has 0 heterocycles. The Morgan fingerprint density at radius 2 is 2.13 bits per heavy atom. The summed E-state index contributed by atoms with van der Waals surface area (Å²) in [6.45, 7) is -0.0573. The Hall–Kier alpha value is -0.970. The normalized spacial score (nSPS) is 10.1. The predicted molar refractivity (Wildman–Crippen MR) is 55.9 cm³/mol. The van der Waals surface area contributed by atoms with Crippen LogP contribution in [0, 0.1) is 0 Å². The molecular weight excluding hydrogens is 243 g/mol. The first-order valence-corrected chi connectivity index (χ1v) is 4.66. The van der Waals surface area contributed by atoms with Crippen molar-refractivity contribution in [3.63, 3.8) is 0 Å². The van der Waals surface area contributed by atoms with Gasteiger partial charge in [-0.25, -0.2) is 4.79 Å². The van der Waals surface area contributed by atoms with Crippen LogP contribution in [0.2, 0.25) is 10.0 Å². The van der Waals surface area contributed by atoms with Gasteiger partial charge in [0.05, 0.1) is 10.0 Å². The number of methoxy groups -OCH3 is 1. The van der Waals surface area contributed by atoms with Gasteiger partial charge in [-0.15, -0.1) is 0 Å². The second kappa shape index (κ2) is 5.21. The van der Waals surface area contributed by atoms with Gasteiger partial charge < -0.3 is 14.6 Å². The molecule has 0 bridgehead atoms. The number of rotatable bonds is 4. The van der Waals surface area contributed by atoms with Crippen molar-refractivity contribution < 1.29 is 19.4 Å². The maximum Gasteiger partial charge on any atom is 0.341 e. The van der Waals surface area contributed by atoms with E-state index in [0.29, 0.717) is 0 Å². The van der Waals surface area contributed by atoms with E-state index in [4.69, 9.17) is 33.0 Å². The van der Waals surface area contributed by atoms with Crippen LogP contribution in [-0.2, 0) is 4.74 Å².